The molecule has 4 unspecified atom stereocenters. The number of benzene rings is 6. The van der Waals surface area contributed by atoms with Crippen molar-refractivity contribution < 1.29 is 106 Å². The van der Waals surface area contributed by atoms with E-state index in [0.717, 1.165) is 53.5 Å². The summed E-state index contributed by atoms with van der Waals surface area (Å²) in [5, 5.41) is 105. The number of aromatic nitrogens is 8. The van der Waals surface area contributed by atoms with Crippen molar-refractivity contribution in [2.45, 2.75) is 162 Å². The van der Waals surface area contributed by atoms with Gasteiger partial charge in [0.2, 0.25) is 0 Å². The molecule has 1 aliphatic carbocycles. The number of amides is 8. The minimum atomic E-state index is -0.768. The minimum absolute atomic E-state index is 0.00453. The van der Waals surface area contributed by atoms with Crippen LogP contribution in [0.2, 0.25) is 0 Å². The Labute approximate surface area is 856 Å². The molecule has 15 rings (SSSR count). The van der Waals surface area contributed by atoms with Crippen molar-refractivity contribution in [2.24, 2.45) is 5.92 Å². The highest BCUT2D eigenvalue weighted by molar-refractivity contribution is 6.15. The molecule has 0 bridgehead atoms. The predicted octanol–water partition coefficient (Wildman–Crippen LogP) is 14.2. The van der Waals surface area contributed by atoms with Gasteiger partial charge in [-0.25, -0.2) is 37.5 Å². The van der Waals surface area contributed by atoms with Gasteiger partial charge in [0.25, 0.3) is 47.3 Å². The van der Waals surface area contributed by atoms with E-state index in [2.05, 4.69) is 82.4 Å². The van der Waals surface area contributed by atoms with Gasteiger partial charge in [-0.2, -0.15) is 0 Å². The number of carbonyl (C=O) groups excluding carboxylic acids is 8. The number of nitrogens with one attached hydrogen (secondary N) is 8. The maximum Gasteiger partial charge on any atom is 0.274 e. The standard InChI is InChI=1S/C29H29FN4O5.C29H35FN4O4.C27H25FN4O4.C26H31FN4O5/c1-2-21(35)17-33-29(38)26-27(36)24-23(15-19(16-32-24)14-18-8-10-20(30)11-9-18)25(34-26)28(37)31-12-13-39-22-6-4-3-5-7-22;1-3-22(35)16-32-28(37)26-27(36)24-23(14-19(15-31-24)13-18-9-11-21(30)12-10-18)25(34-26)29(38)33-17(2)20-7-5-4-6-8-20;1-2-20(33)15-30-26(35)24-25(34)22-21(23(32-24)27(36)31-19-6-4-3-5-7-19)13-17(14-29-22)12-16-8-10-18(28)11-9-16;1-3-19(32)15-30-26(35)23-24(33)21-20(22(31-23)25(34)28-10-5-11-36-4-2)13-17(14-29-21)12-16-6-8-18(27)9-7-16/h3-11,15-16,21,35-36H,2,12-14,17H2,1H3,(H,31,37)(H,33,38);9-12,14-15,17,20,22,35-36H,3-8,13,16H2,1-2H3,(H,32,37)(H,33,38);3-11,13-14,20,33-34H,2,12,15H2,1H3,(H,30,35)(H,31,36);6-9,13-14,19,32-33H,3-5,10-12,15H2,1-2H3,(H,28,34)(H,30,35)/t;17-,22?;;/m.1../s1. The number of anilines is 1. The molecule has 1 saturated carbocycles. The van der Waals surface area contributed by atoms with Gasteiger partial charge in [0.1, 0.15) is 80.5 Å². The highest BCUT2D eigenvalue weighted by Gasteiger charge is 2.32. The van der Waals surface area contributed by atoms with Gasteiger partial charge in [-0.15, -0.1) is 0 Å². The van der Waals surface area contributed by atoms with Crippen LogP contribution in [0.4, 0.5) is 23.2 Å². The second kappa shape index (κ2) is 54.9. The zero-order valence-corrected chi connectivity index (χ0v) is 83.1. The van der Waals surface area contributed by atoms with E-state index in [1.807, 2.05) is 38.1 Å². The lowest BCUT2D eigenvalue weighted by Gasteiger charge is -2.28. The Morgan fingerprint density at radius 1 is 0.349 bits per heavy atom. The third-order valence-electron chi connectivity index (χ3n) is 24.5. The number of ether oxygens (including phenoxy) is 2. The van der Waals surface area contributed by atoms with Gasteiger partial charge in [0.15, 0.2) is 45.8 Å². The molecule has 8 aromatic heterocycles. The maximum atomic E-state index is 13.5. The van der Waals surface area contributed by atoms with Crippen LogP contribution in [0, 0.1) is 29.2 Å². The zero-order chi connectivity index (χ0) is 107. The summed E-state index contributed by atoms with van der Waals surface area (Å²) in [5.74, 6) is -7.28. The van der Waals surface area contributed by atoms with Gasteiger partial charge >= 0.3 is 0 Å². The molecule has 0 aliphatic heterocycles. The number of aliphatic hydroxyl groups excluding tert-OH is 4. The summed E-state index contributed by atoms with van der Waals surface area (Å²) in [5.41, 5.74) is 5.21. The Bertz CT molecular complexity index is 6990. The van der Waals surface area contributed by atoms with Crippen molar-refractivity contribution in [3.8, 4) is 28.7 Å². The average Bonchev–Trinajstić information content (AvgIpc) is 0.778. The fourth-order valence-electron chi connectivity index (χ4n) is 16.0. The molecule has 6 aromatic carbocycles. The molecule has 0 radical (unpaired) electrons. The van der Waals surface area contributed by atoms with Crippen molar-refractivity contribution in [3.63, 3.8) is 0 Å². The first-order valence-electron chi connectivity index (χ1n) is 49.2. The first-order chi connectivity index (χ1) is 71.8. The Balaban J connectivity index is 0.000000176. The topological polar surface area (TPSA) is 516 Å². The van der Waals surface area contributed by atoms with Gasteiger partial charge < -0.3 is 92.9 Å². The Morgan fingerprint density at radius 3 is 0.960 bits per heavy atom. The summed E-state index contributed by atoms with van der Waals surface area (Å²) in [6, 6.07) is 48.7. The van der Waals surface area contributed by atoms with E-state index in [9.17, 15) is 96.8 Å². The summed E-state index contributed by atoms with van der Waals surface area (Å²) in [6.07, 6.45) is 12.6. The lowest BCUT2D eigenvalue weighted by molar-refractivity contribution is 0.0892. The molecule has 149 heavy (non-hydrogen) atoms. The van der Waals surface area contributed by atoms with Crippen molar-refractivity contribution in [1.82, 2.24) is 77.1 Å². The largest absolute Gasteiger partial charge is 0.504 e. The third-order valence-corrected chi connectivity index (χ3v) is 24.5. The van der Waals surface area contributed by atoms with Crippen molar-refractivity contribution in [3.05, 3.63) is 320 Å². The molecule has 780 valence electrons. The number of para-hydroxylation sites is 2. The lowest BCUT2D eigenvalue weighted by Crippen LogP contribution is -2.39. The number of rotatable bonds is 40. The summed E-state index contributed by atoms with van der Waals surface area (Å²) >= 11 is 0. The van der Waals surface area contributed by atoms with E-state index in [0.29, 0.717) is 117 Å². The molecule has 14 aromatic rings. The number of hydrogen-bond donors (Lipinski definition) is 16. The van der Waals surface area contributed by atoms with Crippen LogP contribution in [0.5, 0.6) is 28.7 Å². The Morgan fingerprint density at radius 2 is 0.644 bits per heavy atom. The van der Waals surface area contributed by atoms with Crippen molar-refractivity contribution >= 4 is 96.6 Å². The molecular weight excluding hydrogens is 1920 g/mol. The van der Waals surface area contributed by atoms with E-state index in [4.69, 9.17) is 9.47 Å². The summed E-state index contributed by atoms with van der Waals surface area (Å²) in [4.78, 5) is 139. The van der Waals surface area contributed by atoms with Crippen LogP contribution < -0.4 is 47.3 Å². The van der Waals surface area contributed by atoms with Crippen LogP contribution >= 0.6 is 0 Å². The van der Waals surface area contributed by atoms with Crippen LogP contribution in [-0.4, -0.2) is 218 Å². The first kappa shape index (κ1) is 112. The molecular formula is C111H120F4N16O18. The maximum absolute atomic E-state index is 13.5. The van der Waals surface area contributed by atoms with Gasteiger partial charge in [-0.05, 0) is 232 Å². The van der Waals surface area contributed by atoms with E-state index in [-0.39, 0.29) is 152 Å². The molecule has 8 amide bonds. The second-order valence-corrected chi connectivity index (χ2v) is 35.6. The highest BCUT2D eigenvalue weighted by atomic mass is 19.1. The number of carbonyl (C=O) groups is 8. The van der Waals surface area contributed by atoms with Crippen molar-refractivity contribution in [1.29, 1.82) is 0 Å². The molecule has 0 saturated heterocycles. The number of aromatic hydroxyl groups is 4. The van der Waals surface area contributed by atoms with Crippen LogP contribution in [0.3, 0.4) is 0 Å². The zero-order valence-electron chi connectivity index (χ0n) is 83.1. The quantitative estimate of drug-likeness (QED) is 0.0125. The van der Waals surface area contributed by atoms with Crippen LogP contribution in [0.15, 0.2) is 207 Å². The number of pyridine rings is 8. The molecule has 16 N–H and O–H groups in total. The second-order valence-electron chi connectivity index (χ2n) is 35.6. The SMILES string of the molecule is CCC(O)CNC(=O)c1nc(C(=O)NCCOc2ccccc2)c2cc(Cc3ccc(F)cc3)cnc2c1O.CCC(O)CNC(=O)c1nc(C(=O)N[C@H](C)C2CCCCC2)c2cc(Cc3ccc(F)cc3)cnc2c1O.CCC(O)CNC(=O)c1nc(C(=O)Nc2ccccc2)c2cc(Cc3ccc(F)cc3)cnc2c1O.CCOCCCNC(=O)c1nc(C(=O)NCC(O)CC)c(O)c2ncc(Cc3ccc(F)cc3)cc12. The van der Waals surface area contributed by atoms with Crippen LogP contribution in [-0.2, 0) is 30.4 Å². The van der Waals surface area contributed by atoms with E-state index in [1.165, 1.54) is 73.5 Å². The van der Waals surface area contributed by atoms with Gasteiger partial charge in [-0.1, -0.05) is 132 Å². The van der Waals surface area contributed by atoms with Gasteiger partial charge in [0, 0.05) is 104 Å². The van der Waals surface area contributed by atoms with E-state index >= 15 is 0 Å². The number of halogens is 4. The molecule has 8 heterocycles. The highest BCUT2D eigenvalue weighted by Crippen LogP contribution is 2.37. The molecule has 1 fully saturated rings. The lowest BCUT2D eigenvalue weighted by atomic mass is 9.84. The average molecular weight is 2040 g/mol. The monoisotopic (exact) mass is 2040 g/mol. The summed E-state index contributed by atoms with van der Waals surface area (Å²) in [7, 11) is 0. The van der Waals surface area contributed by atoms with Gasteiger partial charge in [-0.3, -0.25) is 58.3 Å². The van der Waals surface area contributed by atoms with Crippen LogP contribution in [0.25, 0.3) is 43.6 Å². The Hall–Kier alpha value is -16.2. The number of nitrogens with zero attached hydrogens (tertiary/aromatic N) is 8. The minimum Gasteiger partial charge on any atom is -0.504 e. The fourth-order valence-corrected chi connectivity index (χ4v) is 16.0. The molecule has 1 aliphatic rings. The normalized spacial score (nSPS) is 12.8. The number of hydrogen-bond acceptors (Lipinski definition) is 26. The number of aliphatic hydroxyl groups is 4. The molecule has 34 nitrogen and oxygen atoms in total. The Kier molecular flexibility index (Phi) is 41.1. The summed E-state index contributed by atoms with van der Waals surface area (Å²) < 4.78 is 64.1. The van der Waals surface area contributed by atoms with E-state index < -0.39 is 94.7 Å². The molecule has 0 spiro atoms. The van der Waals surface area contributed by atoms with Gasteiger partial charge in [0.05, 0.1) is 31.0 Å². The van der Waals surface area contributed by atoms with E-state index in [1.54, 1.807) is 143 Å². The first-order valence-corrected chi connectivity index (χ1v) is 49.2. The third kappa shape index (κ3) is 31.5. The summed E-state index contributed by atoms with van der Waals surface area (Å²) in [6.45, 7) is 12.6. The smallest absolute Gasteiger partial charge is 0.274 e. The predicted molar refractivity (Wildman–Crippen MR) is 552 cm³/mol. The fraction of sp³-hybridized carbons (Fsp3) is 0.315. The van der Waals surface area contributed by atoms with Crippen LogP contribution in [0.1, 0.15) is 234 Å². The number of fused-ring (bicyclic) bond motifs is 4. The molecule has 38 heteroatoms. The van der Waals surface area contributed by atoms with Crippen molar-refractivity contribution in [2.75, 3.05) is 64.4 Å². The molecule has 5 atom stereocenters.